The second-order valence-electron chi connectivity index (χ2n) is 12.7. The van der Waals surface area contributed by atoms with E-state index in [1.807, 2.05) is 24.3 Å². The molecule has 7 aromatic carbocycles. The van der Waals surface area contributed by atoms with E-state index in [0.29, 0.717) is 0 Å². The second kappa shape index (κ2) is 13.2. The molecule has 51 heavy (non-hydrogen) atoms. The van der Waals surface area contributed by atoms with E-state index < -0.39 is 0 Å². The molecule has 0 spiro atoms. The SMILES string of the molecule is Cc1ccccc1N(c1ccccc1)c1ccc(-c2cccc(-c3cccc4sc5c(-c6ccccc6)nc(-c6ccccc6)nc5c34)c2)cc1. The predicted molar refractivity (Wildman–Crippen MR) is 216 cm³/mol. The summed E-state index contributed by atoms with van der Waals surface area (Å²) in [6.45, 7) is 2.17. The Bertz CT molecular complexity index is 2630. The van der Waals surface area contributed by atoms with Gasteiger partial charge in [0.2, 0.25) is 0 Å². The number of aryl methyl sites for hydroxylation is 1. The Labute approximate surface area is 301 Å². The van der Waals surface area contributed by atoms with Gasteiger partial charge in [0.15, 0.2) is 5.82 Å². The number of rotatable bonds is 7. The molecule has 0 aliphatic rings. The molecule has 0 amide bonds. The largest absolute Gasteiger partial charge is 0.310 e. The van der Waals surface area contributed by atoms with Crippen LogP contribution < -0.4 is 4.90 Å². The van der Waals surface area contributed by atoms with E-state index >= 15 is 0 Å². The number of nitrogens with zero attached hydrogens (tertiary/aromatic N) is 3. The molecule has 0 aliphatic heterocycles. The topological polar surface area (TPSA) is 29.0 Å². The highest BCUT2D eigenvalue weighted by atomic mass is 32.1. The van der Waals surface area contributed by atoms with Crippen LogP contribution in [0.4, 0.5) is 17.1 Å². The molecule has 0 saturated heterocycles. The van der Waals surface area contributed by atoms with Crippen LogP contribution >= 0.6 is 11.3 Å². The summed E-state index contributed by atoms with van der Waals surface area (Å²) >= 11 is 1.77. The Balaban J connectivity index is 1.15. The van der Waals surface area contributed by atoms with Crippen LogP contribution in [0.2, 0.25) is 0 Å². The molecule has 0 fully saturated rings. The highest BCUT2D eigenvalue weighted by molar-refractivity contribution is 7.26. The van der Waals surface area contributed by atoms with Gasteiger partial charge in [-0.25, -0.2) is 9.97 Å². The molecule has 0 N–H and O–H groups in total. The number of anilines is 3. The monoisotopic (exact) mass is 671 g/mol. The van der Waals surface area contributed by atoms with Gasteiger partial charge in [-0.3, -0.25) is 0 Å². The Hall–Kier alpha value is -6.36. The maximum atomic E-state index is 5.26. The fourth-order valence-electron chi connectivity index (χ4n) is 6.92. The lowest BCUT2D eigenvalue weighted by Gasteiger charge is -2.27. The molecular formula is C47H33N3S. The van der Waals surface area contributed by atoms with Crippen LogP contribution in [-0.2, 0) is 0 Å². The molecule has 0 aliphatic carbocycles. The van der Waals surface area contributed by atoms with Crippen molar-refractivity contribution in [3.63, 3.8) is 0 Å². The van der Waals surface area contributed by atoms with Crippen LogP contribution in [0.5, 0.6) is 0 Å². The van der Waals surface area contributed by atoms with Crippen LogP contribution in [0.3, 0.4) is 0 Å². The van der Waals surface area contributed by atoms with Crippen molar-refractivity contribution in [2.45, 2.75) is 6.92 Å². The molecule has 0 bridgehead atoms. The van der Waals surface area contributed by atoms with Gasteiger partial charge in [-0.1, -0.05) is 140 Å². The zero-order chi connectivity index (χ0) is 34.1. The average Bonchev–Trinajstić information content (AvgIpc) is 3.59. The zero-order valence-corrected chi connectivity index (χ0v) is 28.9. The van der Waals surface area contributed by atoms with Crippen LogP contribution in [0.15, 0.2) is 182 Å². The highest BCUT2D eigenvalue weighted by Crippen LogP contribution is 2.44. The van der Waals surface area contributed by atoms with Crippen molar-refractivity contribution < 1.29 is 0 Å². The van der Waals surface area contributed by atoms with Crippen LogP contribution in [0, 0.1) is 6.92 Å². The van der Waals surface area contributed by atoms with Gasteiger partial charge in [0.05, 0.1) is 15.9 Å². The Morgan fingerprint density at radius 2 is 1.08 bits per heavy atom. The molecule has 2 heterocycles. The van der Waals surface area contributed by atoms with Gasteiger partial charge in [0.1, 0.15) is 0 Å². The zero-order valence-electron chi connectivity index (χ0n) is 28.1. The van der Waals surface area contributed by atoms with E-state index in [1.54, 1.807) is 11.3 Å². The third kappa shape index (κ3) is 5.76. The molecule has 242 valence electrons. The molecular weight excluding hydrogens is 639 g/mol. The first-order chi connectivity index (χ1) is 25.2. The number of benzene rings is 7. The fourth-order valence-corrected chi connectivity index (χ4v) is 8.10. The first-order valence-corrected chi connectivity index (χ1v) is 18.0. The fraction of sp³-hybridized carbons (Fsp3) is 0.0213. The minimum atomic E-state index is 0.737. The smallest absolute Gasteiger partial charge is 0.160 e. The van der Waals surface area contributed by atoms with Gasteiger partial charge in [0.25, 0.3) is 0 Å². The molecule has 4 heteroatoms. The van der Waals surface area contributed by atoms with Gasteiger partial charge < -0.3 is 4.90 Å². The summed E-state index contributed by atoms with van der Waals surface area (Å²) in [4.78, 5) is 12.7. The van der Waals surface area contributed by atoms with Crippen molar-refractivity contribution in [2.24, 2.45) is 0 Å². The van der Waals surface area contributed by atoms with Crippen LogP contribution in [0.25, 0.3) is 65.2 Å². The van der Waals surface area contributed by atoms with Gasteiger partial charge >= 0.3 is 0 Å². The molecule has 0 radical (unpaired) electrons. The number of fused-ring (bicyclic) bond motifs is 3. The van der Waals surface area contributed by atoms with Crippen molar-refractivity contribution >= 4 is 48.7 Å². The highest BCUT2D eigenvalue weighted by Gasteiger charge is 2.20. The van der Waals surface area contributed by atoms with Crippen molar-refractivity contribution in [2.75, 3.05) is 4.90 Å². The summed E-state index contributed by atoms with van der Waals surface area (Å²) in [7, 11) is 0. The molecule has 9 aromatic rings. The number of hydrogen-bond donors (Lipinski definition) is 0. The van der Waals surface area contributed by atoms with Crippen molar-refractivity contribution in [1.29, 1.82) is 0 Å². The lowest BCUT2D eigenvalue weighted by atomic mass is 9.96. The molecule has 9 rings (SSSR count). The van der Waals surface area contributed by atoms with Gasteiger partial charge in [-0.2, -0.15) is 0 Å². The minimum absolute atomic E-state index is 0.737. The molecule has 2 aromatic heterocycles. The van der Waals surface area contributed by atoms with E-state index in [-0.39, 0.29) is 0 Å². The minimum Gasteiger partial charge on any atom is -0.310 e. The normalized spacial score (nSPS) is 11.2. The Kier molecular flexibility index (Phi) is 7.92. The quantitative estimate of drug-likeness (QED) is 0.169. The first kappa shape index (κ1) is 30.7. The Morgan fingerprint density at radius 1 is 0.471 bits per heavy atom. The summed E-state index contributed by atoms with van der Waals surface area (Å²) in [5.41, 5.74) is 13.4. The van der Waals surface area contributed by atoms with E-state index in [9.17, 15) is 0 Å². The number of aromatic nitrogens is 2. The van der Waals surface area contributed by atoms with Gasteiger partial charge in [0, 0.05) is 38.3 Å². The van der Waals surface area contributed by atoms with E-state index in [4.69, 9.17) is 9.97 Å². The summed E-state index contributed by atoms with van der Waals surface area (Å²) in [6.07, 6.45) is 0. The van der Waals surface area contributed by atoms with Gasteiger partial charge in [-0.05, 0) is 77.2 Å². The first-order valence-electron chi connectivity index (χ1n) is 17.2. The lowest BCUT2D eigenvalue weighted by molar-refractivity contribution is 1.24. The molecule has 0 unspecified atom stereocenters. The summed E-state index contributed by atoms with van der Waals surface area (Å²) in [6, 6.07) is 64.2. The van der Waals surface area contributed by atoms with Crippen LogP contribution in [-0.4, -0.2) is 9.97 Å². The Morgan fingerprint density at radius 3 is 1.82 bits per heavy atom. The van der Waals surface area contributed by atoms with Gasteiger partial charge in [-0.15, -0.1) is 11.3 Å². The van der Waals surface area contributed by atoms with E-state index in [1.165, 1.54) is 38.0 Å². The van der Waals surface area contributed by atoms with E-state index in [2.05, 4.69) is 170 Å². The summed E-state index contributed by atoms with van der Waals surface area (Å²) in [5, 5.41) is 1.17. The summed E-state index contributed by atoms with van der Waals surface area (Å²) < 4.78 is 2.30. The third-order valence-corrected chi connectivity index (χ3v) is 10.6. The van der Waals surface area contributed by atoms with Crippen molar-refractivity contribution in [3.05, 3.63) is 188 Å². The average molecular weight is 672 g/mol. The third-order valence-electron chi connectivity index (χ3n) is 9.42. The second-order valence-corrected chi connectivity index (χ2v) is 13.7. The lowest BCUT2D eigenvalue weighted by Crippen LogP contribution is -2.11. The number of hydrogen-bond acceptors (Lipinski definition) is 4. The maximum absolute atomic E-state index is 5.26. The standard InChI is InChI=1S/C47H33N3S/c1-32-15-11-12-25-41(32)50(38-22-9-4-10-23-38)39-29-27-33(28-30-39)36-20-13-21-37(31-36)40-24-14-26-42-43(40)45-46(51-42)44(34-16-5-2-6-17-34)48-47(49-45)35-18-7-3-8-19-35/h2-31H,1H3. The molecule has 0 atom stereocenters. The maximum Gasteiger partial charge on any atom is 0.160 e. The van der Waals surface area contributed by atoms with Crippen molar-refractivity contribution in [3.8, 4) is 44.9 Å². The number of thiophene rings is 1. The summed E-state index contributed by atoms with van der Waals surface area (Å²) in [5.74, 6) is 0.737. The molecule has 0 saturated carbocycles. The predicted octanol–water partition coefficient (Wildman–Crippen LogP) is 13.3. The van der Waals surface area contributed by atoms with E-state index in [0.717, 1.165) is 49.8 Å². The molecule has 3 nitrogen and oxygen atoms in total. The van der Waals surface area contributed by atoms with Crippen molar-refractivity contribution in [1.82, 2.24) is 9.97 Å². The van der Waals surface area contributed by atoms with Crippen LogP contribution in [0.1, 0.15) is 5.56 Å². The number of para-hydroxylation sites is 2.